The van der Waals surface area contributed by atoms with E-state index in [2.05, 4.69) is 4.98 Å². The van der Waals surface area contributed by atoms with Crippen LogP contribution in [0.4, 0.5) is 13.2 Å². The second-order valence-electron chi connectivity index (χ2n) is 5.35. The summed E-state index contributed by atoms with van der Waals surface area (Å²) in [6.07, 6.45) is 0.0619. The van der Waals surface area contributed by atoms with Crippen LogP contribution < -0.4 is 0 Å². The fourth-order valence-electron chi connectivity index (χ4n) is 2.75. The average molecular weight is 276 g/mol. The van der Waals surface area contributed by atoms with Crippen LogP contribution in [0.1, 0.15) is 38.4 Å². The van der Waals surface area contributed by atoms with E-state index < -0.39 is 17.7 Å². The lowest BCUT2D eigenvalue weighted by atomic mass is 9.77. The molecule has 6 heteroatoms. The molecule has 108 valence electrons. The van der Waals surface area contributed by atoms with Crippen molar-refractivity contribution in [1.29, 1.82) is 0 Å². The van der Waals surface area contributed by atoms with E-state index in [1.54, 1.807) is 6.20 Å². The summed E-state index contributed by atoms with van der Waals surface area (Å²) in [5, 5.41) is 10.4. The maximum absolute atomic E-state index is 12.6. The van der Waals surface area contributed by atoms with Gasteiger partial charge in [0.1, 0.15) is 5.82 Å². The fourth-order valence-corrected chi connectivity index (χ4v) is 2.75. The third-order valence-corrected chi connectivity index (χ3v) is 4.01. The minimum Gasteiger partial charge on any atom is -0.389 e. The van der Waals surface area contributed by atoms with Crippen molar-refractivity contribution in [1.82, 2.24) is 9.55 Å². The van der Waals surface area contributed by atoms with Gasteiger partial charge < -0.3 is 9.67 Å². The number of aryl methyl sites for hydroxylation is 1. The molecule has 1 heterocycles. The van der Waals surface area contributed by atoms with Crippen LogP contribution in [-0.2, 0) is 13.0 Å². The van der Waals surface area contributed by atoms with Gasteiger partial charge in [0.05, 0.1) is 11.5 Å². The molecule has 1 fully saturated rings. The second kappa shape index (κ2) is 5.15. The summed E-state index contributed by atoms with van der Waals surface area (Å²) in [5.41, 5.74) is -1.04. The number of imidazole rings is 1. The van der Waals surface area contributed by atoms with E-state index in [1.165, 1.54) is 0 Å². The van der Waals surface area contributed by atoms with Crippen LogP contribution in [0.2, 0.25) is 0 Å². The molecule has 1 aromatic heterocycles. The van der Waals surface area contributed by atoms with Gasteiger partial charge in [-0.15, -0.1) is 0 Å². The van der Waals surface area contributed by atoms with Gasteiger partial charge in [-0.25, -0.2) is 4.98 Å². The Labute approximate surface area is 110 Å². The third-order valence-electron chi connectivity index (χ3n) is 4.01. The monoisotopic (exact) mass is 276 g/mol. The number of hydrogen-bond donors (Lipinski definition) is 1. The number of aliphatic hydroxyl groups is 1. The van der Waals surface area contributed by atoms with Gasteiger partial charge in [-0.2, -0.15) is 13.2 Å². The average Bonchev–Trinajstić information content (AvgIpc) is 2.75. The first-order valence-electron chi connectivity index (χ1n) is 6.63. The number of hydrogen-bond acceptors (Lipinski definition) is 2. The molecule has 19 heavy (non-hydrogen) atoms. The molecule has 1 aromatic rings. The molecule has 0 atom stereocenters. The summed E-state index contributed by atoms with van der Waals surface area (Å²) < 4.78 is 39.7. The molecule has 1 aliphatic rings. The van der Waals surface area contributed by atoms with Crippen molar-refractivity contribution in [3.63, 3.8) is 0 Å². The molecule has 0 amide bonds. The van der Waals surface area contributed by atoms with E-state index in [9.17, 15) is 18.3 Å². The summed E-state index contributed by atoms with van der Waals surface area (Å²) in [6, 6.07) is 0. The highest BCUT2D eigenvalue weighted by Crippen LogP contribution is 2.42. The standard InChI is InChI=1S/C13H19F3N2O/c1-2-18-8-7-17-11(18)9-12(19)5-3-10(4-6-12)13(14,15)16/h7-8,10,19H,2-6,9H2,1H3. The largest absolute Gasteiger partial charge is 0.391 e. The van der Waals surface area contributed by atoms with Crippen molar-refractivity contribution in [2.45, 2.75) is 57.3 Å². The fraction of sp³-hybridized carbons (Fsp3) is 0.769. The molecule has 1 saturated carbocycles. The molecular formula is C13H19F3N2O. The van der Waals surface area contributed by atoms with E-state index in [0.717, 1.165) is 12.4 Å². The molecule has 0 spiro atoms. The normalized spacial score (nSPS) is 28.6. The summed E-state index contributed by atoms with van der Waals surface area (Å²) in [6.45, 7) is 2.71. The summed E-state index contributed by atoms with van der Waals surface area (Å²) in [4.78, 5) is 4.17. The van der Waals surface area contributed by atoms with Crippen LogP contribution in [0.15, 0.2) is 12.4 Å². The molecule has 3 nitrogen and oxygen atoms in total. The lowest BCUT2D eigenvalue weighted by Gasteiger charge is -2.36. The van der Waals surface area contributed by atoms with E-state index in [4.69, 9.17) is 0 Å². The first-order valence-corrected chi connectivity index (χ1v) is 6.63. The lowest BCUT2D eigenvalue weighted by Crippen LogP contribution is -2.40. The van der Waals surface area contributed by atoms with Crippen molar-refractivity contribution in [2.24, 2.45) is 5.92 Å². The quantitative estimate of drug-likeness (QED) is 0.921. The van der Waals surface area contributed by atoms with Crippen LogP contribution in [0.5, 0.6) is 0 Å². The van der Waals surface area contributed by atoms with E-state index in [1.807, 2.05) is 17.7 Å². The summed E-state index contributed by atoms with van der Waals surface area (Å²) in [5.74, 6) is -0.519. The first kappa shape index (κ1) is 14.4. The zero-order valence-electron chi connectivity index (χ0n) is 11.0. The van der Waals surface area contributed by atoms with Gasteiger partial charge in [0.2, 0.25) is 0 Å². The highest BCUT2D eigenvalue weighted by molar-refractivity contribution is 5.00. The van der Waals surface area contributed by atoms with E-state index in [-0.39, 0.29) is 25.7 Å². The van der Waals surface area contributed by atoms with Crippen molar-refractivity contribution in [2.75, 3.05) is 0 Å². The SMILES string of the molecule is CCn1ccnc1CC1(O)CCC(C(F)(F)F)CC1. The number of alkyl halides is 3. The van der Waals surface area contributed by atoms with Crippen LogP contribution in [0, 0.1) is 5.92 Å². The summed E-state index contributed by atoms with van der Waals surface area (Å²) >= 11 is 0. The highest BCUT2D eigenvalue weighted by atomic mass is 19.4. The van der Waals surface area contributed by atoms with Crippen LogP contribution in [0.3, 0.4) is 0 Å². The molecule has 0 unspecified atom stereocenters. The van der Waals surface area contributed by atoms with E-state index >= 15 is 0 Å². The molecular weight excluding hydrogens is 257 g/mol. The third kappa shape index (κ3) is 3.29. The number of nitrogens with zero attached hydrogens (tertiary/aromatic N) is 2. The van der Waals surface area contributed by atoms with Crippen LogP contribution in [-0.4, -0.2) is 26.4 Å². The Kier molecular flexibility index (Phi) is 3.90. The van der Waals surface area contributed by atoms with Gasteiger partial charge in [-0.1, -0.05) is 0 Å². The number of rotatable bonds is 3. The van der Waals surface area contributed by atoms with Gasteiger partial charge in [-0.3, -0.25) is 0 Å². The van der Waals surface area contributed by atoms with Gasteiger partial charge >= 0.3 is 6.18 Å². The van der Waals surface area contributed by atoms with Gasteiger partial charge in [0.15, 0.2) is 0 Å². The molecule has 0 bridgehead atoms. The predicted octanol–water partition coefficient (Wildman–Crippen LogP) is 2.93. The Morgan fingerprint density at radius 3 is 2.58 bits per heavy atom. The Balaban J connectivity index is 1.99. The zero-order chi connectivity index (χ0) is 14.1. The molecule has 2 rings (SSSR count). The Morgan fingerprint density at radius 2 is 2.05 bits per heavy atom. The molecule has 0 aliphatic heterocycles. The lowest BCUT2D eigenvalue weighted by molar-refractivity contribution is -0.192. The minimum absolute atomic E-state index is 0.00678. The first-order chi connectivity index (χ1) is 8.84. The van der Waals surface area contributed by atoms with Crippen molar-refractivity contribution in [3.05, 3.63) is 18.2 Å². The number of aromatic nitrogens is 2. The Morgan fingerprint density at radius 1 is 1.42 bits per heavy atom. The molecule has 0 saturated heterocycles. The molecule has 0 aromatic carbocycles. The Bertz CT molecular complexity index is 420. The van der Waals surface area contributed by atoms with Crippen LogP contribution >= 0.6 is 0 Å². The second-order valence-corrected chi connectivity index (χ2v) is 5.35. The predicted molar refractivity (Wildman–Crippen MR) is 64.6 cm³/mol. The van der Waals surface area contributed by atoms with Crippen molar-refractivity contribution >= 4 is 0 Å². The van der Waals surface area contributed by atoms with E-state index in [0.29, 0.717) is 6.42 Å². The zero-order valence-corrected chi connectivity index (χ0v) is 11.0. The maximum atomic E-state index is 12.6. The maximum Gasteiger partial charge on any atom is 0.391 e. The molecule has 0 radical (unpaired) electrons. The smallest absolute Gasteiger partial charge is 0.389 e. The molecule has 1 aliphatic carbocycles. The molecule has 1 N–H and O–H groups in total. The summed E-state index contributed by atoms with van der Waals surface area (Å²) in [7, 11) is 0. The minimum atomic E-state index is -4.14. The van der Waals surface area contributed by atoms with Gasteiger partial charge in [-0.05, 0) is 32.6 Å². The van der Waals surface area contributed by atoms with Gasteiger partial charge in [0.25, 0.3) is 0 Å². The van der Waals surface area contributed by atoms with Gasteiger partial charge in [0, 0.05) is 25.4 Å². The van der Waals surface area contributed by atoms with Crippen molar-refractivity contribution in [3.8, 4) is 0 Å². The van der Waals surface area contributed by atoms with Crippen molar-refractivity contribution < 1.29 is 18.3 Å². The van der Waals surface area contributed by atoms with Crippen LogP contribution in [0.25, 0.3) is 0 Å². The topological polar surface area (TPSA) is 38.0 Å². The number of halogens is 3. The highest BCUT2D eigenvalue weighted by Gasteiger charge is 2.45. The Hall–Kier alpha value is -1.04.